The summed E-state index contributed by atoms with van der Waals surface area (Å²) in [5.74, 6) is -0.503. The molecule has 31 heavy (non-hydrogen) atoms. The standard InChI is InChI=1S/C22H36N2O6S/c1-15(2)21(26)30-18-13-16(3)12-17(4)20(18)22(5,6)14-19(25)24-10-9-23-8-7-11-31(27,28)29/h12-13,15,23H,7-11,14H2,1-6H3,(H,24,25)(H,27,28,29). The van der Waals surface area contributed by atoms with Crippen LogP contribution in [0.5, 0.6) is 5.75 Å². The van der Waals surface area contributed by atoms with E-state index in [1.807, 2.05) is 39.8 Å². The second-order valence-corrected chi connectivity index (χ2v) is 10.4. The Hall–Kier alpha value is -1.97. The molecule has 1 amide bonds. The molecule has 0 saturated carbocycles. The highest BCUT2D eigenvalue weighted by Gasteiger charge is 2.30. The van der Waals surface area contributed by atoms with Gasteiger partial charge in [0.25, 0.3) is 10.1 Å². The van der Waals surface area contributed by atoms with Gasteiger partial charge in [-0.15, -0.1) is 0 Å². The quantitative estimate of drug-likeness (QED) is 0.191. The molecule has 0 aromatic heterocycles. The largest absolute Gasteiger partial charge is 0.426 e. The molecule has 0 aliphatic heterocycles. The molecule has 8 nitrogen and oxygen atoms in total. The van der Waals surface area contributed by atoms with E-state index in [2.05, 4.69) is 10.6 Å². The second kappa shape index (κ2) is 11.6. The summed E-state index contributed by atoms with van der Waals surface area (Å²) >= 11 is 0. The number of hydrogen-bond donors (Lipinski definition) is 3. The Morgan fingerprint density at radius 1 is 1.13 bits per heavy atom. The lowest BCUT2D eigenvalue weighted by Crippen LogP contribution is -2.36. The Morgan fingerprint density at radius 2 is 1.77 bits per heavy atom. The van der Waals surface area contributed by atoms with Crippen LogP contribution in [0.3, 0.4) is 0 Å². The first-order valence-corrected chi connectivity index (χ1v) is 12.1. The highest BCUT2D eigenvalue weighted by atomic mass is 32.2. The third kappa shape index (κ3) is 9.80. The Morgan fingerprint density at radius 3 is 2.35 bits per heavy atom. The van der Waals surface area contributed by atoms with Crippen LogP contribution in [0.25, 0.3) is 0 Å². The highest BCUT2D eigenvalue weighted by Crippen LogP contribution is 2.38. The van der Waals surface area contributed by atoms with Crippen molar-refractivity contribution in [1.29, 1.82) is 0 Å². The van der Waals surface area contributed by atoms with Gasteiger partial charge in [-0.2, -0.15) is 8.42 Å². The van der Waals surface area contributed by atoms with Crippen LogP contribution in [0.1, 0.15) is 57.2 Å². The smallest absolute Gasteiger partial charge is 0.313 e. The second-order valence-electron chi connectivity index (χ2n) is 8.83. The third-order valence-corrected chi connectivity index (χ3v) is 5.59. The Labute approximate surface area is 185 Å². The molecule has 0 spiro atoms. The predicted molar refractivity (Wildman–Crippen MR) is 121 cm³/mol. The van der Waals surface area contributed by atoms with E-state index in [0.717, 1.165) is 16.7 Å². The zero-order valence-electron chi connectivity index (χ0n) is 19.4. The third-order valence-electron chi connectivity index (χ3n) is 4.78. The number of hydrogen-bond acceptors (Lipinski definition) is 6. The van der Waals surface area contributed by atoms with E-state index in [1.165, 1.54) is 0 Å². The number of rotatable bonds is 12. The minimum atomic E-state index is -3.94. The van der Waals surface area contributed by atoms with E-state index in [1.54, 1.807) is 13.8 Å². The molecule has 0 saturated heterocycles. The lowest BCUT2D eigenvalue weighted by atomic mass is 9.78. The number of nitrogens with one attached hydrogen (secondary N) is 2. The van der Waals surface area contributed by atoms with Gasteiger partial charge in [-0.05, 0) is 44.0 Å². The maximum absolute atomic E-state index is 12.5. The van der Waals surface area contributed by atoms with Crippen molar-refractivity contribution >= 4 is 22.0 Å². The van der Waals surface area contributed by atoms with Crippen LogP contribution in [-0.4, -0.2) is 50.2 Å². The van der Waals surface area contributed by atoms with Crippen molar-refractivity contribution in [3.8, 4) is 5.75 Å². The zero-order chi connectivity index (χ0) is 23.8. The molecule has 0 aliphatic rings. The molecule has 0 atom stereocenters. The molecule has 0 unspecified atom stereocenters. The van der Waals surface area contributed by atoms with Crippen molar-refractivity contribution in [2.75, 3.05) is 25.4 Å². The van der Waals surface area contributed by atoms with Gasteiger partial charge in [-0.25, -0.2) is 0 Å². The van der Waals surface area contributed by atoms with Gasteiger partial charge >= 0.3 is 5.97 Å². The van der Waals surface area contributed by atoms with Crippen LogP contribution in [0.4, 0.5) is 0 Å². The number of carbonyl (C=O) groups excluding carboxylic acids is 2. The van der Waals surface area contributed by atoms with Crippen LogP contribution >= 0.6 is 0 Å². The minimum Gasteiger partial charge on any atom is -0.426 e. The monoisotopic (exact) mass is 456 g/mol. The van der Waals surface area contributed by atoms with Gasteiger partial charge in [-0.1, -0.05) is 33.8 Å². The van der Waals surface area contributed by atoms with Gasteiger partial charge in [0.1, 0.15) is 5.75 Å². The van der Waals surface area contributed by atoms with Gasteiger partial charge in [-0.3, -0.25) is 14.1 Å². The molecule has 3 N–H and O–H groups in total. The average Bonchev–Trinajstić information content (AvgIpc) is 2.58. The first kappa shape index (κ1) is 27.1. The van der Waals surface area contributed by atoms with Crippen LogP contribution in [0.15, 0.2) is 12.1 Å². The fourth-order valence-electron chi connectivity index (χ4n) is 3.45. The van der Waals surface area contributed by atoms with E-state index in [0.29, 0.717) is 31.8 Å². The van der Waals surface area contributed by atoms with Crippen molar-refractivity contribution in [3.63, 3.8) is 0 Å². The summed E-state index contributed by atoms with van der Waals surface area (Å²) in [5, 5.41) is 5.86. The fourth-order valence-corrected chi connectivity index (χ4v) is 3.96. The molecule has 1 aromatic carbocycles. The molecule has 9 heteroatoms. The summed E-state index contributed by atoms with van der Waals surface area (Å²) in [6, 6.07) is 3.84. The normalized spacial score (nSPS) is 12.1. The first-order chi connectivity index (χ1) is 14.2. The van der Waals surface area contributed by atoms with Crippen LogP contribution in [0.2, 0.25) is 0 Å². The van der Waals surface area contributed by atoms with Gasteiger partial charge < -0.3 is 15.4 Å². The average molecular weight is 457 g/mol. The van der Waals surface area contributed by atoms with Crippen molar-refractivity contribution in [3.05, 3.63) is 28.8 Å². The highest BCUT2D eigenvalue weighted by molar-refractivity contribution is 7.85. The fraction of sp³-hybridized carbons (Fsp3) is 0.636. The van der Waals surface area contributed by atoms with Crippen molar-refractivity contribution in [1.82, 2.24) is 10.6 Å². The van der Waals surface area contributed by atoms with Gasteiger partial charge in [0, 0.05) is 30.5 Å². The molecular formula is C22H36N2O6S. The van der Waals surface area contributed by atoms with Crippen molar-refractivity contribution in [2.45, 2.75) is 59.8 Å². The Bertz CT molecular complexity index is 878. The summed E-state index contributed by atoms with van der Waals surface area (Å²) in [5.41, 5.74) is 2.22. The van der Waals surface area contributed by atoms with Crippen molar-refractivity contribution < 1.29 is 27.3 Å². The maximum atomic E-state index is 12.5. The molecule has 1 rings (SSSR count). The molecular weight excluding hydrogens is 420 g/mol. The van der Waals surface area contributed by atoms with E-state index in [4.69, 9.17) is 9.29 Å². The molecule has 0 fully saturated rings. The SMILES string of the molecule is Cc1cc(C)c(C(C)(C)CC(=O)NCCNCCCS(=O)(=O)O)c(OC(=O)C(C)C)c1. The van der Waals surface area contributed by atoms with Gasteiger partial charge in [0.15, 0.2) is 0 Å². The number of benzene rings is 1. The number of carbonyl (C=O) groups is 2. The number of aryl methyl sites for hydroxylation is 2. The van der Waals surface area contributed by atoms with E-state index in [-0.39, 0.29) is 30.0 Å². The van der Waals surface area contributed by atoms with Crippen molar-refractivity contribution in [2.24, 2.45) is 5.92 Å². The zero-order valence-corrected chi connectivity index (χ0v) is 20.2. The van der Waals surface area contributed by atoms with Gasteiger partial charge in [0.05, 0.1) is 11.7 Å². The first-order valence-electron chi connectivity index (χ1n) is 10.5. The summed E-state index contributed by atoms with van der Waals surface area (Å²) in [6.07, 6.45) is 0.510. The summed E-state index contributed by atoms with van der Waals surface area (Å²) < 4.78 is 35.7. The molecule has 0 radical (unpaired) electrons. The molecule has 0 heterocycles. The van der Waals surface area contributed by atoms with E-state index < -0.39 is 15.5 Å². The number of esters is 1. The van der Waals surface area contributed by atoms with E-state index in [9.17, 15) is 18.0 Å². The number of ether oxygens (including phenoxy) is 1. The minimum absolute atomic E-state index is 0.133. The maximum Gasteiger partial charge on any atom is 0.313 e. The van der Waals surface area contributed by atoms with Gasteiger partial charge in [0.2, 0.25) is 5.91 Å². The predicted octanol–water partition coefficient (Wildman–Crippen LogP) is 2.52. The van der Waals surface area contributed by atoms with Crippen LogP contribution in [-0.2, 0) is 25.1 Å². The lowest BCUT2D eigenvalue weighted by molar-refractivity contribution is -0.137. The van der Waals surface area contributed by atoms with E-state index >= 15 is 0 Å². The topological polar surface area (TPSA) is 122 Å². The van der Waals surface area contributed by atoms with Crippen LogP contribution in [0, 0.1) is 19.8 Å². The number of amides is 1. The lowest BCUT2D eigenvalue weighted by Gasteiger charge is -2.29. The summed E-state index contributed by atoms with van der Waals surface area (Å²) in [6.45, 7) is 12.6. The Balaban J connectivity index is 2.70. The molecule has 176 valence electrons. The molecule has 0 aliphatic carbocycles. The Kier molecular flexibility index (Phi) is 10.1. The molecule has 1 aromatic rings. The summed E-state index contributed by atoms with van der Waals surface area (Å²) in [7, 11) is -3.94. The molecule has 0 bridgehead atoms. The summed E-state index contributed by atoms with van der Waals surface area (Å²) in [4.78, 5) is 24.7. The van der Waals surface area contributed by atoms with Crippen LogP contribution < -0.4 is 15.4 Å².